The topological polar surface area (TPSA) is 32.3 Å². The third-order valence-electron chi connectivity index (χ3n) is 2.02. The van der Waals surface area contributed by atoms with Gasteiger partial charge in [0.25, 0.3) is 0 Å². The largest absolute Gasteiger partial charge is 0.508 e. The van der Waals surface area contributed by atoms with E-state index in [2.05, 4.69) is 26.1 Å². The van der Waals surface area contributed by atoms with Gasteiger partial charge in [0.1, 0.15) is 5.75 Å². The Morgan fingerprint density at radius 3 is 2.43 bits per heavy atom. The van der Waals surface area contributed by atoms with Crippen LogP contribution in [0.5, 0.6) is 5.75 Å². The van der Waals surface area contributed by atoms with Crippen molar-refractivity contribution in [3.05, 3.63) is 23.8 Å². The number of phenolic OH excluding ortho intramolecular Hbond substituents is 1. The summed E-state index contributed by atoms with van der Waals surface area (Å²) in [6.07, 6.45) is 0. The lowest BCUT2D eigenvalue weighted by molar-refractivity contribution is 0.443. The van der Waals surface area contributed by atoms with E-state index < -0.39 is 0 Å². The number of hydrogen-bond donors (Lipinski definition) is 2. The molecule has 1 aromatic rings. The fourth-order valence-electron chi connectivity index (χ4n) is 1.13. The Bertz CT molecular complexity index is 313. The Hall–Kier alpha value is -1.18. The molecule has 0 radical (unpaired) electrons. The van der Waals surface area contributed by atoms with Gasteiger partial charge in [-0.05, 0) is 36.1 Å². The van der Waals surface area contributed by atoms with Gasteiger partial charge in [-0.1, -0.05) is 20.8 Å². The maximum Gasteiger partial charge on any atom is 0.118 e. The van der Waals surface area contributed by atoms with Crippen LogP contribution in [0.1, 0.15) is 26.3 Å². The summed E-state index contributed by atoms with van der Waals surface area (Å²) in [6.45, 7) is 9.39. The van der Waals surface area contributed by atoms with Gasteiger partial charge in [0.2, 0.25) is 0 Å². The number of hydrogen-bond acceptors (Lipinski definition) is 2. The van der Waals surface area contributed by atoms with E-state index >= 15 is 0 Å². The first-order valence-electron chi connectivity index (χ1n) is 4.92. The van der Waals surface area contributed by atoms with Crippen molar-refractivity contribution in [3.63, 3.8) is 0 Å². The first kappa shape index (κ1) is 10.9. The Labute approximate surface area is 86.0 Å². The standard InChI is InChI=1S/C12H19NO/c1-9-7-10(5-6-11(9)14)13-8-12(2,3)4/h5-7,13-14H,8H2,1-4H3. The highest BCUT2D eigenvalue weighted by Gasteiger charge is 2.09. The van der Waals surface area contributed by atoms with Gasteiger partial charge in [-0.3, -0.25) is 0 Å². The van der Waals surface area contributed by atoms with Crippen molar-refractivity contribution in [2.75, 3.05) is 11.9 Å². The number of anilines is 1. The molecule has 1 aromatic carbocycles. The maximum absolute atomic E-state index is 9.34. The first-order chi connectivity index (χ1) is 6.38. The molecule has 0 fully saturated rings. The number of nitrogens with one attached hydrogen (secondary N) is 1. The second kappa shape index (κ2) is 3.91. The molecule has 0 heterocycles. The van der Waals surface area contributed by atoms with Gasteiger partial charge in [0.15, 0.2) is 0 Å². The zero-order valence-electron chi connectivity index (χ0n) is 9.39. The predicted octanol–water partition coefficient (Wildman–Crippen LogP) is 3.16. The molecule has 0 atom stereocenters. The summed E-state index contributed by atoms with van der Waals surface area (Å²) in [6, 6.07) is 5.58. The summed E-state index contributed by atoms with van der Waals surface area (Å²) < 4.78 is 0. The zero-order valence-corrected chi connectivity index (χ0v) is 9.39. The highest BCUT2D eigenvalue weighted by molar-refractivity contribution is 5.50. The van der Waals surface area contributed by atoms with E-state index in [1.165, 1.54) is 0 Å². The number of benzene rings is 1. The molecule has 0 saturated heterocycles. The molecule has 14 heavy (non-hydrogen) atoms. The van der Waals surface area contributed by atoms with Crippen molar-refractivity contribution in [3.8, 4) is 5.75 Å². The van der Waals surface area contributed by atoms with Crippen LogP contribution in [0.3, 0.4) is 0 Å². The van der Waals surface area contributed by atoms with E-state index in [4.69, 9.17) is 0 Å². The Kier molecular flexibility index (Phi) is 3.04. The van der Waals surface area contributed by atoms with Crippen LogP contribution in [-0.4, -0.2) is 11.7 Å². The van der Waals surface area contributed by atoms with Crippen LogP contribution >= 0.6 is 0 Å². The molecule has 2 N–H and O–H groups in total. The van der Waals surface area contributed by atoms with Gasteiger partial charge < -0.3 is 10.4 Å². The summed E-state index contributed by atoms with van der Waals surface area (Å²) in [7, 11) is 0. The van der Waals surface area contributed by atoms with Crippen LogP contribution in [0.2, 0.25) is 0 Å². The van der Waals surface area contributed by atoms with Gasteiger partial charge in [0.05, 0.1) is 0 Å². The SMILES string of the molecule is Cc1cc(NCC(C)(C)C)ccc1O. The van der Waals surface area contributed by atoms with Gasteiger partial charge in [-0.15, -0.1) is 0 Å². The number of aryl methyl sites for hydroxylation is 1. The van der Waals surface area contributed by atoms with Crippen LogP contribution in [0.15, 0.2) is 18.2 Å². The summed E-state index contributed by atoms with van der Waals surface area (Å²) >= 11 is 0. The highest BCUT2D eigenvalue weighted by atomic mass is 16.3. The lowest BCUT2D eigenvalue weighted by Gasteiger charge is -2.19. The molecule has 0 saturated carbocycles. The van der Waals surface area contributed by atoms with Crippen molar-refractivity contribution >= 4 is 5.69 Å². The minimum atomic E-state index is 0.270. The van der Waals surface area contributed by atoms with E-state index in [9.17, 15) is 5.11 Å². The van der Waals surface area contributed by atoms with E-state index in [-0.39, 0.29) is 5.41 Å². The van der Waals surface area contributed by atoms with E-state index in [0.717, 1.165) is 17.8 Å². The average molecular weight is 193 g/mol. The molecule has 2 heteroatoms. The molecule has 0 aliphatic rings. The molecule has 2 nitrogen and oxygen atoms in total. The molecule has 0 aromatic heterocycles. The molecule has 0 aliphatic carbocycles. The third-order valence-corrected chi connectivity index (χ3v) is 2.02. The Morgan fingerprint density at radius 2 is 1.93 bits per heavy atom. The second-order valence-corrected chi connectivity index (χ2v) is 4.92. The molecule has 0 amide bonds. The lowest BCUT2D eigenvalue weighted by atomic mass is 9.97. The van der Waals surface area contributed by atoms with Crippen LogP contribution in [0.4, 0.5) is 5.69 Å². The zero-order chi connectivity index (χ0) is 10.8. The Balaban J connectivity index is 2.65. The van der Waals surface area contributed by atoms with Crippen LogP contribution in [0.25, 0.3) is 0 Å². The van der Waals surface area contributed by atoms with Crippen molar-refractivity contribution in [2.24, 2.45) is 5.41 Å². The van der Waals surface area contributed by atoms with Gasteiger partial charge in [-0.25, -0.2) is 0 Å². The summed E-state index contributed by atoms with van der Waals surface area (Å²) in [5.41, 5.74) is 2.24. The fourth-order valence-corrected chi connectivity index (χ4v) is 1.13. The molecule has 0 bridgehead atoms. The van der Waals surface area contributed by atoms with E-state index in [1.807, 2.05) is 19.1 Å². The minimum absolute atomic E-state index is 0.270. The number of aromatic hydroxyl groups is 1. The molecule has 0 spiro atoms. The van der Waals surface area contributed by atoms with Gasteiger partial charge in [-0.2, -0.15) is 0 Å². The molecule has 0 aliphatic heterocycles. The lowest BCUT2D eigenvalue weighted by Crippen LogP contribution is -2.18. The van der Waals surface area contributed by atoms with Crippen LogP contribution < -0.4 is 5.32 Å². The average Bonchev–Trinajstić information content (AvgIpc) is 2.06. The van der Waals surface area contributed by atoms with Crippen molar-refractivity contribution in [1.82, 2.24) is 0 Å². The normalized spacial score (nSPS) is 11.4. The Morgan fingerprint density at radius 1 is 1.29 bits per heavy atom. The van der Waals surface area contributed by atoms with Crippen molar-refractivity contribution in [2.45, 2.75) is 27.7 Å². The van der Waals surface area contributed by atoms with Gasteiger partial charge >= 0.3 is 0 Å². The second-order valence-electron chi connectivity index (χ2n) is 4.92. The summed E-state index contributed by atoms with van der Waals surface area (Å²) in [5.74, 6) is 0.353. The summed E-state index contributed by atoms with van der Waals surface area (Å²) in [4.78, 5) is 0. The first-order valence-corrected chi connectivity index (χ1v) is 4.92. The van der Waals surface area contributed by atoms with Crippen LogP contribution in [0, 0.1) is 12.3 Å². The van der Waals surface area contributed by atoms with Crippen LogP contribution in [-0.2, 0) is 0 Å². The number of rotatable bonds is 2. The third kappa shape index (κ3) is 3.29. The minimum Gasteiger partial charge on any atom is -0.508 e. The molecule has 1 rings (SSSR count). The van der Waals surface area contributed by atoms with Crippen molar-refractivity contribution in [1.29, 1.82) is 0 Å². The molecule has 0 unspecified atom stereocenters. The fraction of sp³-hybridized carbons (Fsp3) is 0.500. The molecule has 78 valence electrons. The molecular formula is C12H19NO. The quantitative estimate of drug-likeness (QED) is 0.707. The van der Waals surface area contributed by atoms with E-state index in [1.54, 1.807) is 6.07 Å². The monoisotopic (exact) mass is 193 g/mol. The smallest absolute Gasteiger partial charge is 0.118 e. The summed E-state index contributed by atoms with van der Waals surface area (Å²) in [5, 5.41) is 12.7. The molecular weight excluding hydrogens is 174 g/mol. The van der Waals surface area contributed by atoms with Gasteiger partial charge in [0, 0.05) is 12.2 Å². The van der Waals surface area contributed by atoms with E-state index in [0.29, 0.717) is 5.75 Å². The maximum atomic E-state index is 9.34. The predicted molar refractivity (Wildman–Crippen MR) is 60.8 cm³/mol. The number of phenols is 1. The van der Waals surface area contributed by atoms with Crippen molar-refractivity contribution < 1.29 is 5.11 Å². The highest BCUT2D eigenvalue weighted by Crippen LogP contribution is 2.21.